The minimum absolute atomic E-state index is 0.164. The van der Waals surface area contributed by atoms with Crippen LogP contribution in [0.2, 0.25) is 0 Å². The van der Waals surface area contributed by atoms with Crippen molar-refractivity contribution < 1.29 is 4.79 Å². The lowest BCUT2D eigenvalue weighted by Crippen LogP contribution is -2.42. The maximum absolute atomic E-state index is 11.4. The maximum atomic E-state index is 11.4. The number of thiophene rings is 1. The molecule has 1 aliphatic heterocycles. The average Bonchev–Trinajstić information content (AvgIpc) is 2.70. The lowest BCUT2D eigenvalue weighted by atomic mass is 10.1. The molecule has 17 heavy (non-hydrogen) atoms. The zero-order valence-electron chi connectivity index (χ0n) is 9.84. The molecule has 2 N–H and O–H groups in total. The molecule has 1 aromatic rings. The summed E-state index contributed by atoms with van der Waals surface area (Å²) in [6.45, 7) is 0.786. The molecule has 92 valence electrons. The molecule has 1 atom stereocenters. The number of nitrogens with two attached hydrogens (primary N) is 1. The van der Waals surface area contributed by atoms with Crippen LogP contribution in [0.3, 0.4) is 0 Å². The number of carbonyl (C=O) groups excluding carboxylic acids is 1. The Bertz CT molecular complexity index is 386. The van der Waals surface area contributed by atoms with Crippen molar-refractivity contribution in [3.8, 4) is 0 Å². The van der Waals surface area contributed by atoms with Crippen molar-refractivity contribution in [3.05, 3.63) is 28.5 Å². The van der Waals surface area contributed by atoms with Gasteiger partial charge in [-0.25, -0.2) is 4.79 Å². The zero-order valence-corrected chi connectivity index (χ0v) is 10.7. The molecule has 4 heteroatoms. The summed E-state index contributed by atoms with van der Waals surface area (Å²) >= 11 is 1.70. The van der Waals surface area contributed by atoms with E-state index in [1.807, 2.05) is 6.07 Å². The number of urea groups is 1. The molecule has 1 aliphatic rings. The van der Waals surface area contributed by atoms with Crippen molar-refractivity contribution in [2.24, 2.45) is 5.73 Å². The topological polar surface area (TPSA) is 46.3 Å². The van der Waals surface area contributed by atoms with Crippen LogP contribution in [-0.4, -0.2) is 23.5 Å². The summed E-state index contributed by atoms with van der Waals surface area (Å²) in [7, 11) is 0. The van der Waals surface area contributed by atoms with Gasteiger partial charge < -0.3 is 10.6 Å². The van der Waals surface area contributed by atoms with E-state index >= 15 is 0 Å². The molecule has 1 saturated heterocycles. The first-order chi connectivity index (χ1) is 8.27. The first kappa shape index (κ1) is 12.2. The Balaban J connectivity index is 2.07. The number of hydrogen-bond donors (Lipinski definition) is 1. The first-order valence-electron chi connectivity index (χ1n) is 6.05. The normalized spacial score (nSPS) is 21.6. The Kier molecular flexibility index (Phi) is 4.20. The minimum atomic E-state index is -0.298. The zero-order chi connectivity index (χ0) is 12.1. The molecule has 0 bridgehead atoms. The van der Waals surface area contributed by atoms with Gasteiger partial charge in [-0.1, -0.05) is 25.0 Å². The van der Waals surface area contributed by atoms with Gasteiger partial charge in [-0.15, -0.1) is 11.3 Å². The van der Waals surface area contributed by atoms with Gasteiger partial charge in [0.25, 0.3) is 0 Å². The molecule has 1 unspecified atom stereocenters. The lowest BCUT2D eigenvalue weighted by molar-refractivity contribution is 0.197. The highest BCUT2D eigenvalue weighted by atomic mass is 32.1. The number of likely N-dealkylation sites (tertiary alicyclic amines) is 1. The van der Waals surface area contributed by atoms with Gasteiger partial charge >= 0.3 is 6.03 Å². The number of amides is 2. The molecular formula is C13H18N2OS. The Labute approximate surface area is 106 Å². The summed E-state index contributed by atoms with van der Waals surface area (Å²) in [5, 5.41) is 2.05. The van der Waals surface area contributed by atoms with E-state index in [2.05, 4.69) is 23.6 Å². The van der Waals surface area contributed by atoms with Crippen LogP contribution in [0.15, 0.2) is 23.6 Å². The van der Waals surface area contributed by atoms with Crippen molar-refractivity contribution >= 4 is 23.4 Å². The van der Waals surface area contributed by atoms with Crippen LogP contribution < -0.4 is 5.73 Å². The molecule has 2 rings (SSSR count). The van der Waals surface area contributed by atoms with Crippen LogP contribution in [0, 0.1) is 0 Å². The summed E-state index contributed by atoms with van der Waals surface area (Å²) in [4.78, 5) is 14.4. The second-order valence-corrected chi connectivity index (χ2v) is 5.30. The monoisotopic (exact) mass is 250 g/mol. The Hall–Kier alpha value is -1.29. The van der Waals surface area contributed by atoms with Gasteiger partial charge in [0.05, 0.1) is 6.04 Å². The largest absolute Gasteiger partial charge is 0.351 e. The van der Waals surface area contributed by atoms with Crippen LogP contribution in [0.5, 0.6) is 0 Å². The summed E-state index contributed by atoms with van der Waals surface area (Å²) in [5.74, 6) is 0. The quantitative estimate of drug-likeness (QED) is 0.861. The van der Waals surface area contributed by atoms with Crippen LogP contribution in [0.1, 0.15) is 30.6 Å². The number of rotatable bonds is 2. The van der Waals surface area contributed by atoms with E-state index in [-0.39, 0.29) is 12.1 Å². The third-order valence-electron chi connectivity index (χ3n) is 3.11. The third kappa shape index (κ3) is 3.33. The number of primary amides is 1. The van der Waals surface area contributed by atoms with Gasteiger partial charge in [0.2, 0.25) is 0 Å². The molecule has 1 fully saturated rings. The van der Waals surface area contributed by atoms with E-state index in [1.165, 1.54) is 17.7 Å². The van der Waals surface area contributed by atoms with Gasteiger partial charge in [-0.2, -0.15) is 0 Å². The fraction of sp³-hybridized carbons (Fsp3) is 0.462. The summed E-state index contributed by atoms with van der Waals surface area (Å²) < 4.78 is 0. The predicted octanol–water partition coefficient (Wildman–Crippen LogP) is 3.08. The highest BCUT2D eigenvalue weighted by Crippen LogP contribution is 2.19. The Morgan fingerprint density at radius 3 is 3.06 bits per heavy atom. The van der Waals surface area contributed by atoms with E-state index < -0.39 is 0 Å². The number of nitrogens with zero attached hydrogens (tertiary/aromatic N) is 1. The van der Waals surface area contributed by atoms with Crippen molar-refractivity contribution in [2.45, 2.75) is 31.7 Å². The molecule has 0 aliphatic carbocycles. The number of hydrogen-bond acceptors (Lipinski definition) is 2. The molecule has 0 saturated carbocycles. The molecule has 3 nitrogen and oxygen atoms in total. The van der Waals surface area contributed by atoms with E-state index in [4.69, 9.17) is 5.73 Å². The van der Waals surface area contributed by atoms with E-state index in [0.29, 0.717) is 0 Å². The molecule has 2 heterocycles. The molecule has 2 amide bonds. The molecular weight excluding hydrogens is 232 g/mol. The van der Waals surface area contributed by atoms with Gasteiger partial charge in [-0.05, 0) is 30.4 Å². The van der Waals surface area contributed by atoms with Crippen molar-refractivity contribution in [3.63, 3.8) is 0 Å². The van der Waals surface area contributed by atoms with E-state index in [9.17, 15) is 4.79 Å². The fourth-order valence-electron chi connectivity index (χ4n) is 2.20. The second-order valence-electron chi connectivity index (χ2n) is 4.32. The van der Waals surface area contributed by atoms with E-state index in [0.717, 1.165) is 19.4 Å². The highest BCUT2D eigenvalue weighted by molar-refractivity contribution is 7.10. The van der Waals surface area contributed by atoms with Crippen molar-refractivity contribution in [1.82, 2.24) is 4.90 Å². The van der Waals surface area contributed by atoms with Crippen LogP contribution >= 0.6 is 11.3 Å². The second kappa shape index (κ2) is 5.87. The average molecular weight is 250 g/mol. The van der Waals surface area contributed by atoms with Crippen LogP contribution in [0.25, 0.3) is 6.08 Å². The van der Waals surface area contributed by atoms with Crippen molar-refractivity contribution in [1.29, 1.82) is 0 Å². The standard InChI is InChI=1S/C13H18N2OS/c14-13(16)15-9-3-1-2-5-11(15)7-8-12-6-4-10-17-12/h4,6-8,10-11H,1-3,5,9H2,(H2,14,16)/b8-7+. The smallest absolute Gasteiger partial charge is 0.315 e. The maximum Gasteiger partial charge on any atom is 0.315 e. The summed E-state index contributed by atoms with van der Waals surface area (Å²) in [6, 6.07) is 3.97. The fourth-order valence-corrected chi connectivity index (χ4v) is 2.83. The molecule has 1 aromatic heterocycles. The Morgan fingerprint density at radius 1 is 1.47 bits per heavy atom. The molecule has 0 aromatic carbocycles. The van der Waals surface area contributed by atoms with Gasteiger partial charge in [0, 0.05) is 11.4 Å². The summed E-state index contributed by atoms with van der Waals surface area (Å²) in [5.41, 5.74) is 5.43. The van der Waals surface area contributed by atoms with Gasteiger partial charge in [0.1, 0.15) is 0 Å². The van der Waals surface area contributed by atoms with E-state index in [1.54, 1.807) is 16.2 Å². The van der Waals surface area contributed by atoms with Gasteiger partial charge in [0.15, 0.2) is 0 Å². The summed E-state index contributed by atoms with van der Waals surface area (Å²) in [6.07, 6.45) is 8.64. The van der Waals surface area contributed by atoms with Crippen LogP contribution in [0.4, 0.5) is 4.79 Å². The first-order valence-corrected chi connectivity index (χ1v) is 6.93. The van der Waals surface area contributed by atoms with Gasteiger partial charge in [-0.3, -0.25) is 0 Å². The third-order valence-corrected chi connectivity index (χ3v) is 3.95. The molecule has 0 spiro atoms. The highest BCUT2D eigenvalue weighted by Gasteiger charge is 2.21. The molecule has 0 radical (unpaired) electrons. The predicted molar refractivity (Wildman–Crippen MR) is 71.9 cm³/mol. The van der Waals surface area contributed by atoms with Crippen molar-refractivity contribution in [2.75, 3.05) is 6.54 Å². The number of carbonyl (C=O) groups is 1. The Morgan fingerprint density at radius 2 is 2.35 bits per heavy atom. The SMILES string of the molecule is NC(=O)N1CCCCCC1/C=C/c1cccs1. The minimum Gasteiger partial charge on any atom is -0.351 e. The van der Waals surface area contributed by atoms with Crippen LogP contribution in [-0.2, 0) is 0 Å². The lowest BCUT2D eigenvalue weighted by Gasteiger charge is -2.25.